The minimum Gasteiger partial charge on any atom is -0.428 e. The van der Waals surface area contributed by atoms with E-state index in [1.165, 1.54) is 33.8 Å². The predicted octanol–water partition coefficient (Wildman–Crippen LogP) is 0.375. The van der Waals surface area contributed by atoms with Gasteiger partial charge >= 0.3 is 11.9 Å². The molecular weight excluding hydrogens is 494 g/mol. The molecule has 1 saturated heterocycles. The van der Waals surface area contributed by atoms with Gasteiger partial charge in [0.1, 0.15) is 22.8 Å². The highest BCUT2D eigenvalue weighted by molar-refractivity contribution is 8.00. The molecule has 1 aromatic heterocycles. The van der Waals surface area contributed by atoms with Crippen LogP contribution in [0.3, 0.4) is 0 Å². The molecule has 0 saturated carbocycles. The second-order valence-corrected chi connectivity index (χ2v) is 9.55. The molecule has 0 radical (unpaired) electrons. The quantitative estimate of drug-likeness (QED) is 0.104. The summed E-state index contributed by atoms with van der Waals surface area (Å²) in [6, 6.07) is -0.952. The number of hydrogen-bond donors (Lipinski definition) is 3. The monoisotopic (exact) mass is 515 g/mol. The van der Waals surface area contributed by atoms with Gasteiger partial charge in [0, 0.05) is 23.3 Å². The summed E-state index contributed by atoms with van der Waals surface area (Å²) in [6.07, 6.45) is 1.99. The van der Waals surface area contributed by atoms with E-state index in [-0.39, 0.29) is 28.7 Å². The fourth-order valence-electron chi connectivity index (χ4n) is 3.10. The number of aromatic nitrogens is 1. The SMILES string of the molecule is CCC(=O)OCOC(=O)C1=C(CSC)CS[C@@H]2C(NC(=O)C(=NO)c3csc(N)n3)C(=O)N12. The number of rotatable bonds is 9. The number of fused-ring (bicyclic) bond motifs is 1. The number of esters is 2. The van der Waals surface area contributed by atoms with Crippen LogP contribution in [0.4, 0.5) is 5.13 Å². The number of nitrogens with one attached hydrogen (secondary N) is 1. The molecule has 2 aliphatic heterocycles. The van der Waals surface area contributed by atoms with E-state index in [1.807, 2.05) is 6.26 Å². The molecule has 3 rings (SSSR count). The highest BCUT2D eigenvalue weighted by atomic mass is 32.2. The Morgan fingerprint density at radius 3 is 2.79 bits per heavy atom. The number of anilines is 1. The number of β-lactam (4-membered cyclic amide) rings is 1. The Labute approximate surface area is 200 Å². The van der Waals surface area contributed by atoms with Gasteiger partial charge in [0.15, 0.2) is 10.8 Å². The summed E-state index contributed by atoms with van der Waals surface area (Å²) in [5.41, 5.74) is 6.03. The molecule has 0 aliphatic carbocycles. The topological polar surface area (TPSA) is 174 Å². The van der Waals surface area contributed by atoms with E-state index in [0.717, 1.165) is 11.3 Å². The molecule has 1 unspecified atom stereocenters. The molecule has 4 N–H and O–H groups in total. The molecule has 0 bridgehead atoms. The summed E-state index contributed by atoms with van der Waals surface area (Å²) in [5, 5.41) is 15.8. The van der Waals surface area contributed by atoms with Crippen molar-refractivity contribution in [1.82, 2.24) is 15.2 Å². The Morgan fingerprint density at radius 1 is 1.42 bits per heavy atom. The first-order valence-electron chi connectivity index (χ1n) is 9.55. The maximum absolute atomic E-state index is 12.9. The zero-order valence-corrected chi connectivity index (χ0v) is 20.1. The van der Waals surface area contributed by atoms with Gasteiger partial charge in [0.05, 0.1) is 0 Å². The maximum atomic E-state index is 12.9. The summed E-state index contributed by atoms with van der Waals surface area (Å²) in [5.74, 6) is -1.72. The number of ether oxygens (including phenoxy) is 2. The number of nitrogen functional groups attached to an aromatic ring is 1. The van der Waals surface area contributed by atoms with Crippen LogP contribution in [0, 0.1) is 0 Å². The summed E-state index contributed by atoms with van der Waals surface area (Å²) in [6.45, 7) is 1.05. The van der Waals surface area contributed by atoms with Crippen LogP contribution in [0.2, 0.25) is 0 Å². The Bertz CT molecular complexity index is 1020. The van der Waals surface area contributed by atoms with Crippen LogP contribution in [-0.4, -0.2) is 80.5 Å². The molecule has 2 aliphatic rings. The van der Waals surface area contributed by atoms with E-state index in [9.17, 15) is 24.4 Å². The van der Waals surface area contributed by atoms with Gasteiger partial charge in [-0.2, -0.15) is 11.8 Å². The van der Waals surface area contributed by atoms with Crippen LogP contribution in [0.25, 0.3) is 0 Å². The van der Waals surface area contributed by atoms with E-state index in [1.54, 1.807) is 6.92 Å². The number of thiazole rings is 1. The average molecular weight is 516 g/mol. The van der Waals surface area contributed by atoms with Gasteiger partial charge in [-0.3, -0.25) is 19.3 Å². The van der Waals surface area contributed by atoms with Crippen molar-refractivity contribution >= 4 is 69.5 Å². The van der Waals surface area contributed by atoms with Crippen molar-refractivity contribution in [2.45, 2.75) is 24.8 Å². The Hall–Kier alpha value is -2.78. The number of nitrogens with two attached hydrogens (primary N) is 1. The van der Waals surface area contributed by atoms with Crippen LogP contribution in [0.5, 0.6) is 0 Å². The van der Waals surface area contributed by atoms with Crippen LogP contribution >= 0.6 is 34.9 Å². The van der Waals surface area contributed by atoms with Crippen molar-refractivity contribution in [3.63, 3.8) is 0 Å². The number of nitrogens with zero attached hydrogens (tertiary/aromatic N) is 3. The predicted molar refractivity (Wildman–Crippen MR) is 123 cm³/mol. The Balaban J connectivity index is 1.72. The Morgan fingerprint density at radius 2 is 2.18 bits per heavy atom. The summed E-state index contributed by atoms with van der Waals surface area (Å²) < 4.78 is 9.84. The third-order valence-corrected chi connectivity index (χ3v) is 7.27. The third-order valence-electron chi connectivity index (χ3n) is 4.62. The minimum atomic E-state index is -0.952. The van der Waals surface area contributed by atoms with Crippen molar-refractivity contribution in [3.05, 3.63) is 22.3 Å². The zero-order chi connectivity index (χ0) is 24.1. The van der Waals surface area contributed by atoms with E-state index in [2.05, 4.69) is 15.5 Å². The van der Waals surface area contributed by atoms with Crippen LogP contribution in [0.1, 0.15) is 19.0 Å². The van der Waals surface area contributed by atoms with E-state index in [0.29, 0.717) is 17.1 Å². The van der Waals surface area contributed by atoms with Crippen LogP contribution in [-0.2, 0) is 28.7 Å². The lowest BCUT2D eigenvalue weighted by molar-refractivity contribution is -0.167. The second kappa shape index (κ2) is 10.9. The van der Waals surface area contributed by atoms with Gasteiger partial charge in [-0.15, -0.1) is 23.1 Å². The van der Waals surface area contributed by atoms with E-state index in [4.69, 9.17) is 15.2 Å². The Kier molecular flexibility index (Phi) is 8.20. The average Bonchev–Trinajstić information content (AvgIpc) is 3.23. The van der Waals surface area contributed by atoms with Crippen LogP contribution in [0.15, 0.2) is 21.8 Å². The summed E-state index contributed by atoms with van der Waals surface area (Å²) >= 11 is 3.92. The molecule has 3 heterocycles. The molecule has 178 valence electrons. The normalized spacial score (nSPS) is 20.1. The first-order valence-corrected chi connectivity index (χ1v) is 12.9. The second-order valence-electron chi connectivity index (χ2n) is 6.69. The maximum Gasteiger partial charge on any atom is 0.357 e. The fraction of sp³-hybridized carbons (Fsp3) is 0.444. The molecule has 2 atom stereocenters. The number of hydrogen-bond acceptors (Lipinski definition) is 13. The lowest BCUT2D eigenvalue weighted by Crippen LogP contribution is -2.71. The zero-order valence-electron chi connectivity index (χ0n) is 17.6. The largest absolute Gasteiger partial charge is 0.428 e. The lowest BCUT2D eigenvalue weighted by Gasteiger charge is -2.49. The van der Waals surface area contributed by atoms with E-state index < -0.39 is 42.0 Å². The molecule has 1 aromatic rings. The van der Waals surface area contributed by atoms with Gasteiger partial charge in [0.25, 0.3) is 11.8 Å². The highest BCUT2D eigenvalue weighted by Gasteiger charge is 2.54. The molecule has 0 spiro atoms. The summed E-state index contributed by atoms with van der Waals surface area (Å²) in [4.78, 5) is 54.7. The highest BCUT2D eigenvalue weighted by Crippen LogP contribution is 2.41. The number of thioether (sulfide) groups is 2. The van der Waals surface area contributed by atoms with Gasteiger partial charge in [-0.25, -0.2) is 9.78 Å². The number of carbonyl (C=O) groups excluding carboxylic acids is 4. The smallest absolute Gasteiger partial charge is 0.357 e. The molecule has 1 fully saturated rings. The van der Waals surface area contributed by atoms with Crippen molar-refractivity contribution in [3.8, 4) is 0 Å². The van der Waals surface area contributed by atoms with Crippen molar-refractivity contribution < 1.29 is 33.9 Å². The van der Waals surface area contributed by atoms with Crippen LogP contribution < -0.4 is 11.1 Å². The van der Waals surface area contributed by atoms with Gasteiger partial charge in [0.2, 0.25) is 6.79 Å². The molecular formula is C18H21N5O7S3. The van der Waals surface area contributed by atoms with Gasteiger partial charge in [-0.1, -0.05) is 12.1 Å². The van der Waals surface area contributed by atoms with Crippen molar-refractivity contribution in [2.75, 3.05) is 30.3 Å². The summed E-state index contributed by atoms with van der Waals surface area (Å²) in [7, 11) is 0. The number of oxime groups is 1. The van der Waals surface area contributed by atoms with Gasteiger partial charge in [-0.05, 0) is 11.8 Å². The first-order chi connectivity index (χ1) is 15.8. The standard InChI is InChI=1S/C18H21N5O7S3/c1-3-10(24)29-7-30-17(27)13-8(4-31-2)5-32-16-12(15(26)23(13)16)21-14(25)11(22-28)9-6-33-18(19)20-9/h6,12,16,28H,3-5,7H2,1-2H3,(H2,19,20)(H,21,25)/t12?,16-/m1/s1. The third kappa shape index (κ3) is 5.25. The van der Waals surface area contributed by atoms with Crippen molar-refractivity contribution in [2.24, 2.45) is 5.16 Å². The molecule has 12 nitrogen and oxygen atoms in total. The van der Waals surface area contributed by atoms with Crippen molar-refractivity contribution in [1.29, 1.82) is 0 Å². The van der Waals surface area contributed by atoms with Gasteiger partial charge < -0.3 is 25.7 Å². The first kappa shape index (κ1) is 24.9. The fourth-order valence-corrected chi connectivity index (χ4v) is 5.71. The lowest BCUT2D eigenvalue weighted by atomic mass is 10.0. The molecule has 0 aromatic carbocycles. The number of carbonyl (C=O) groups is 4. The minimum absolute atomic E-state index is 0.0745. The molecule has 15 heteroatoms. The number of amides is 2. The van der Waals surface area contributed by atoms with E-state index >= 15 is 0 Å². The molecule has 33 heavy (non-hydrogen) atoms. The molecule has 2 amide bonds.